The van der Waals surface area contributed by atoms with E-state index in [-0.39, 0.29) is 0 Å². The summed E-state index contributed by atoms with van der Waals surface area (Å²) in [5, 5.41) is 0. The Hall–Kier alpha value is -0.670. The molecule has 3 heteroatoms. The Labute approximate surface area is 95.2 Å². The first kappa shape index (κ1) is 10.8. The summed E-state index contributed by atoms with van der Waals surface area (Å²) in [7, 11) is 0. The Bertz CT molecular complexity index is 291. The third kappa shape index (κ3) is 3.14. The molecule has 0 spiro atoms. The van der Waals surface area contributed by atoms with Gasteiger partial charge in [-0.2, -0.15) is 11.8 Å². The zero-order valence-corrected chi connectivity index (χ0v) is 9.58. The molecule has 0 amide bonds. The lowest BCUT2D eigenvalue weighted by Crippen LogP contribution is -2.29. The van der Waals surface area contributed by atoms with E-state index in [4.69, 9.17) is 10.5 Å². The number of hydrogen-bond acceptors (Lipinski definition) is 3. The molecule has 0 saturated carbocycles. The first-order valence-electron chi connectivity index (χ1n) is 5.37. The molecular formula is C12H17NOS. The van der Waals surface area contributed by atoms with Gasteiger partial charge in [-0.05, 0) is 30.2 Å². The van der Waals surface area contributed by atoms with Crippen LogP contribution < -0.4 is 10.5 Å². The number of ether oxygens (including phenoxy) is 1. The van der Waals surface area contributed by atoms with Crippen LogP contribution in [0.2, 0.25) is 0 Å². The third-order valence-corrected chi connectivity index (χ3v) is 4.03. The minimum atomic E-state index is 0.370. The van der Waals surface area contributed by atoms with Crippen molar-refractivity contribution >= 4 is 11.8 Å². The highest BCUT2D eigenvalue weighted by molar-refractivity contribution is 7.99. The molecule has 1 aliphatic rings. The molecular weight excluding hydrogens is 206 g/mol. The smallest absolute Gasteiger partial charge is 0.119 e. The van der Waals surface area contributed by atoms with Crippen LogP contribution in [0.1, 0.15) is 6.42 Å². The topological polar surface area (TPSA) is 35.2 Å². The second kappa shape index (κ2) is 5.42. The van der Waals surface area contributed by atoms with E-state index in [0.717, 1.165) is 24.5 Å². The zero-order chi connectivity index (χ0) is 10.5. The Morgan fingerprint density at radius 2 is 2.07 bits per heavy atom. The molecule has 1 saturated heterocycles. The predicted octanol–water partition coefficient (Wildman–Crippen LogP) is 2.15. The lowest BCUT2D eigenvalue weighted by atomic mass is 10.0. The molecule has 0 bridgehead atoms. The molecule has 1 heterocycles. The van der Waals surface area contributed by atoms with Gasteiger partial charge in [0.2, 0.25) is 0 Å². The van der Waals surface area contributed by atoms with Crippen molar-refractivity contribution in [3.63, 3.8) is 0 Å². The molecule has 82 valence electrons. The van der Waals surface area contributed by atoms with Crippen molar-refractivity contribution in [3.8, 4) is 5.75 Å². The summed E-state index contributed by atoms with van der Waals surface area (Å²) in [6, 6.07) is 10.3. The highest BCUT2D eigenvalue weighted by Gasteiger charge is 2.23. The lowest BCUT2D eigenvalue weighted by Gasteiger charge is -2.14. The first-order chi connectivity index (χ1) is 7.36. The van der Waals surface area contributed by atoms with Crippen LogP contribution >= 0.6 is 11.8 Å². The SMILES string of the molecule is NC1CSCC1CCOc1ccccc1. The van der Waals surface area contributed by atoms with Crippen molar-refractivity contribution in [2.75, 3.05) is 18.1 Å². The van der Waals surface area contributed by atoms with Gasteiger partial charge in [0.1, 0.15) is 5.75 Å². The standard InChI is InChI=1S/C12H17NOS/c13-12-9-15-8-10(12)6-7-14-11-4-2-1-3-5-11/h1-5,10,12H,6-9,13H2. The molecule has 1 aliphatic heterocycles. The molecule has 0 aromatic heterocycles. The van der Waals surface area contributed by atoms with Crippen LogP contribution in [-0.2, 0) is 0 Å². The molecule has 2 nitrogen and oxygen atoms in total. The zero-order valence-electron chi connectivity index (χ0n) is 8.76. The van der Waals surface area contributed by atoms with E-state index in [1.165, 1.54) is 5.75 Å². The fourth-order valence-corrected chi connectivity index (χ4v) is 3.15. The van der Waals surface area contributed by atoms with Crippen molar-refractivity contribution in [1.82, 2.24) is 0 Å². The second-order valence-corrected chi connectivity index (χ2v) is 4.99. The molecule has 1 aromatic rings. The van der Waals surface area contributed by atoms with Crippen molar-refractivity contribution < 1.29 is 4.74 Å². The Morgan fingerprint density at radius 3 is 2.73 bits per heavy atom. The number of thioether (sulfide) groups is 1. The van der Waals surface area contributed by atoms with Crippen molar-refractivity contribution in [1.29, 1.82) is 0 Å². The average molecular weight is 223 g/mol. The van der Waals surface area contributed by atoms with Crippen LogP contribution in [-0.4, -0.2) is 24.2 Å². The monoisotopic (exact) mass is 223 g/mol. The maximum atomic E-state index is 5.98. The Morgan fingerprint density at radius 1 is 1.27 bits per heavy atom. The first-order valence-corrected chi connectivity index (χ1v) is 6.53. The number of para-hydroxylation sites is 1. The number of hydrogen-bond donors (Lipinski definition) is 1. The molecule has 2 unspecified atom stereocenters. The normalized spacial score (nSPS) is 25.4. The van der Waals surface area contributed by atoms with E-state index in [0.29, 0.717) is 12.0 Å². The van der Waals surface area contributed by atoms with Crippen LogP contribution in [0.5, 0.6) is 5.75 Å². The lowest BCUT2D eigenvalue weighted by molar-refractivity contribution is 0.278. The van der Waals surface area contributed by atoms with Gasteiger partial charge >= 0.3 is 0 Å². The van der Waals surface area contributed by atoms with E-state index in [9.17, 15) is 0 Å². The maximum absolute atomic E-state index is 5.98. The summed E-state index contributed by atoms with van der Waals surface area (Å²) in [5.41, 5.74) is 5.98. The molecule has 0 radical (unpaired) electrons. The highest BCUT2D eigenvalue weighted by atomic mass is 32.2. The summed E-state index contributed by atoms with van der Waals surface area (Å²) in [5.74, 6) is 3.89. The fraction of sp³-hybridized carbons (Fsp3) is 0.500. The molecule has 1 aromatic carbocycles. The van der Waals surface area contributed by atoms with Crippen molar-refractivity contribution in [2.24, 2.45) is 11.7 Å². The summed E-state index contributed by atoms with van der Waals surface area (Å²) < 4.78 is 5.65. The van der Waals surface area contributed by atoms with E-state index in [1.807, 2.05) is 42.1 Å². The van der Waals surface area contributed by atoms with Gasteiger partial charge in [-0.3, -0.25) is 0 Å². The van der Waals surface area contributed by atoms with Gasteiger partial charge < -0.3 is 10.5 Å². The number of nitrogens with two attached hydrogens (primary N) is 1. The summed E-state index contributed by atoms with van der Waals surface area (Å²) in [4.78, 5) is 0. The third-order valence-electron chi connectivity index (χ3n) is 2.75. The van der Waals surface area contributed by atoms with Gasteiger partial charge in [0.25, 0.3) is 0 Å². The van der Waals surface area contributed by atoms with Crippen LogP contribution in [0.25, 0.3) is 0 Å². The van der Waals surface area contributed by atoms with Gasteiger partial charge in [0.05, 0.1) is 6.61 Å². The molecule has 1 fully saturated rings. The van der Waals surface area contributed by atoms with E-state index in [2.05, 4.69) is 0 Å². The fourth-order valence-electron chi connectivity index (χ4n) is 1.76. The highest BCUT2D eigenvalue weighted by Crippen LogP contribution is 2.25. The van der Waals surface area contributed by atoms with Crippen LogP contribution in [0.4, 0.5) is 0 Å². The number of rotatable bonds is 4. The minimum absolute atomic E-state index is 0.370. The van der Waals surface area contributed by atoms with E-state index < -0.39 is 0 Å². The molecule has 2 N–H and O–H groups in total. The van der Waals surface area contributed by atoms with Crippen LogP contribution in [0, 0.1) is 5.92 Å². The summed E-state index contributed by atoms with van der Waals surface area (Å²) in [6.07, 6.45) is 1.07. The average Bonchev–Trinajstić information content (AvgIpc) is 2.66. The quantitative estimate of drug-likeness (QED) is 0.849. The van der Waals surface area contributed by atoms with E-state index >= 15 is 0 Å². The van der Waals surface area contributed by atoms with Crippen LogP contribution in [0.3, 0.4) is 0 Å². The van der Waals surface area contributed by atoms with Gasteiger partial charge in [0.15, 0.2) is 0 Å². The molecule has 2 rings (SSSR count). The van der Waals surface area contributed by atoms with Gasteiger partial charge in [0, 0.05) is 11.8 Å². The molecule has 2 atom stereocenters. The molecule has 0 aliphatic carbocycles. The summed E-state index contributed by atoms with van der Waals surface area (Å²) >= 11 is 1.96. The van der Waals surface area contributed by atoms with Gasteiger partial charge in [-0.25, -0.2) is 0 Å². The van der Waals surface area contributed by atoms with Crippen molar-refractivity contribution in [3.05, 3.63) is 30.3 Å². The van der Waals surface area contributed by atoms with E-state index in [1.54, 1.807) is 0 Å². The Balaban J connectivity index is 1.71. The van der Waals surface area contributed by atoms with Crippen molar-refractivity contribution in [2.45, 2.75) is 12.5 Å². The maximum Gasteiger partial charge on any atom is 0.119 e. The Kier molecular flexibility index (Phi) is 3.92. The number of benzene rings is 1. The second-order valence-electron chi connectivity index (χ2n) is 3.91. The summed E-state index contributed by atoms with van der Waals surface area (Å²) in [6.45, 7) is 0.781. The van der Waals surface area contributed by atoms with Gasteiger partial charge in [-0.1, -0.05) is 18.2 Å². The predicted molar refractivity (Wildman–Crippen MR) is 65.3 cm³/mol. The van der Waals surface area contributed by atoms with Crippen LogP contribution in [0.15, 0.2) is 30.3 Å². The largest absolute Gasteiger partial charge is 0.494 e. The van der Waals surface area contributed by atoms with Gasteiger partial charge in [-0.15, -0.1) is 0 Å². The molecule has 15 heavy (non-hydrogen) atoms. The minimum Gasteiger partial charge on any atom is -0.494 e.